The number of fused-ring (bicyclic) bond motifs is 1. The molecule has 0 aliphatic carbocycles. The zero-order valence-corrected chi connectivity index (χ0v) is 20.5. The summed E-state index contributed by atoms with van der Waals surface area (Å²) in [7, 11) is 4.77. The van der Waals surface area contributed by atoms with Gasteiger partial charge in [-0.1, -0.05) is 24.3 Å². The second-order valence-corrected chi connectivity index (χ2v) is 7.91. The standard InChI is InChI=1S/C25H32N6O3/c1-6-30(7-2)24-27-23(26-19-14-20(32-3)22(34-5)21(15-19)33-4)28-25(29-24)31-13-12-17-10-8-9-11-18(17)16-31/h8-11,14-15H,6-7,12-13,16H2,1-5H3,(H,26,27,28,29). The van der Waals surface area contributed by atoms with E-state index in [2.05, 4.69) is 53.2 Å². The van der Waals surface area contributed by atoms with Crippen molar-refractivity contribution in [3.8, 4) is 17.2 Å². The van der Waals surface area contributed by atoms with E-state index in [1.54, 1.807) is 21.3 Å². The number of nitrogens with one attached hydrogen (secondary N) is 1. The topological polar surface area (TPSA) is 84.9 Å². The molecule has 1 aliphatic heterocycles. The maximum atomic E-state index is 5.49. The van der Waals surface area contributed by atoms with E-state index in [-0.39, 0.29) is 0 Å². The Morgan fingerprint density at radius 2 is 1.59 bits per heavy atom. The number of hydrogen-bond acceptors (Lipinski definition) is 9. The van der Waals surface area contributed by atoms with E-state index in [0.717, 1.165) is 38.3 Å². The number of methoxy groups -OCH3 is 3. The van der Waals surface area contributed by atoms with Gasteiger partial charge in [0.2, 0.25) is 23.6 Å². The molecule has 9 heteroatoms. The first-order valence-electron chi connectivity index (χ1n) is 11.5. The lowest BCUT2D eigenvalue weighted by Crippen LogP contribution is -2.33. The molecule has 0 bridgehead atoms. The van der Waals surface area contributed by atoms with Gasteiger partial charge in [0, 0.05) is 44.0 Å². The molecule has 3 aromatic rings. The fraction of sp³-hybridized carbons (Fsp3) is 0.400. The minimum Gasteiger partial charge on any atom is -0.493 e. The smallest absolute Gasteiger partial charge is 0.233 e. The fourth-order valence-electron chi connectivity index (χ4n) is 4.15. The van der Waals surface area contributed by atoms with E-state index >= 15 is 0 Å². The zero-order chi connectivity index (χ0) is 24.1. The van der Waals surface area contributed by atoms with E-state index in [9.17, 15) is 0 Å². The highest BCUT2D eigenvalue weighted by atomic mass is 16.5. The van der Waals surface area contributed by atoms with Crippen LogP contribution in [0.2, 0.25) is 0 Å². The lowest BCUT2D eigenvalue weighted by Gasteiger charge is -2.30. The van der Waals surface area contributed by atoms with Crippen molar-refractivity contribution in [3.05, 3.63) is 47.5 Å². The van der Waals surface area contributed by atoms with E-state index in [1.807, 2.05) is 12.1 Å². The Morgan fingerprint density at radius 1 is 0.912 bits per heavy atom. The minimum absolute atomic E-state index is 0.458. The van der Waals surface area contributed by atoms with Crippen molar-refractivity contribution in [3.63, 3.8) is 0 Å². The van der Waals surface area contributed by atoms with Crippen LogP contribution in [0.1, 0.15) is 25.0 Å². The van der Waals surface area contributed by atoms with Gasteiger partial charge in [-0.15, -0.1) is 0 Å². The molecule has 0 saturated heterocycles. The Hall–Kier alpha value is -3.75. The summed E-state index contributed by atoms with van der Waals surface area (Å²) in [6, 6.07) is 12.2. The van der Waals surface area contributed by atoms with Gasteiger partial charge in [0.1, 0.15) is 0 Å². The first-order valence-corrected chi connectivity index (χ1v) is 11.5. The van der Waals surface area contributed by atoms with Crippen LogP contribution >= 0.6 is 0 Å². The monoisotopic (exact) mass is 464 g/mol. The molecule has 0 fully saturated rings. The highest BCUT2D eigenvalue weighted by Gasteiger charge is 2.21. The third kappa shape index (κ3) is 4.78. The van der Waals surface area contributed by atoms with Crippen LogP contribution < -0.4 is 29.3 Å². The highest BCUT2D eigenvalue weighted by molar-refractivity contribution is 5.66. The molecule has 4 rings (SSSR count). The van der Waals surface area contributed by atoms with E-state index in [0.29, 0.717) is 35.1 Å². The van der Waals surface area contributed by atoms with Crippen molar-refractivity contribution >= 4 is 23.5 Å². The minimum atomic E-state index is 0.458. The normalized spacial score (nSPS) is 12.7. The number of rotatable bonds is 9. The van der Waals surface area contributed by atoms with Crippen molar-refractivity contribution in [2.24, 2.45) is 0 Å². The summed E-state index contributed by atoms with van der Waals surface area (Å²) in [5.74, 6) is 3.39. The maximum Gasteiger partial charge on any atom is 0.233 e. The van der Waals surface area contributed by atoms with E-state index < -0.39 is 0 Å². The summed E-state index contributed by atoms with van der Waals surface area (Å²) in [5, 5.41) is 3.32. The average molecular weight is 465 g/mol. The maximum absolute atomic E-state index is 5.49. The molecule has 0 amide bonds. The summed E-state index contributed by atoms with van der Waals surface area (Å²) in [5.41, 5.74) is 3.41. The van der Waals surface area contributed by atoms with Gasteiger partial charge in [0.15, 0.2) is 11.5 Å². The van der Waals surface area contributed by atoms with Crippen molar-refractivity contribution in [2.75, 3.05) is 56.1 Å². The third-order valence-electron chi connectivity index (χ3n) is 5.99. The van der Waals surface area contributed by atoms with Crippen molar-refractivity contribution in [1.29, 1.82) is 0 Å². The Morgan fingerprint density at radius 3 is 2.21 bits per heavy atom. The van der Waals surface area contributed by atoms with Crippen molar-refractivity contribution in [1.82, 2.24) is 15.0 Å². The predicted molar refractivity (Wildman–Crippen MR) is 134 cm³/mol. The molecule has 1 N–H and O–H groups in total. The summed E-state index contributed by atoms with van der Waals surface area (Å²) >= 11 is 0. The number of benzene rings is 2. The van der Waals surface area contributed by atoms with Crippen LogP contribution in [0.15, 0.2) is 36.4 Å². The van der Waals surface area contributed by atoms with Crippen LogP contribution in [0.3, 0.4) is 0 Å². The summed E-state index contributed by atoms with van der Waals surface area (Å²) in [4.78, 5) is 18.6. The average Bonchev–Trinajstić information content (AvgIpc) is 2.88. The molecule has 2 aromatic carbocycles. The van der Waals surface area contributed by atoms with Gasteiger partial charge in [0.25, 0.3) is 0 Å². The first-order chi connectivity index (χ1) is 16.6. The van der Waals surface area contributed by atoms with Gasteiger partial charge in [-0.3, -0.25) is 0 Å². The molecule has 180 valence electrons. The molecule has 0 saturated carbocycles. The molecule has 0 unspecified atom stereocenters. The van der Waals surface area contributed by atoms with Gasteiger partial charge >= 0.3 is 0 Å². The Balaban J connectivity index is 1.71. The van der Waals surface area contributed by atoms with Crippen LogP contribution in [-0.2, 0) is 13.0 Å². The number of ether oxygens (including phenoxy) is 3. The highest BCUT2D eigenvalue weighted by Crippen LogP contribution is 2.40. The second kappa shape index (κ2) is 10.5. The molecule has 0 radical (unpaired) electrons. The van der Waals surface area contributed by atoms with E-state index in [4.69, 9.17) is 29.2 Å². The molecule has 9 nitrogen and oxygen atoms in total. The Kier molecular flexibility index (Phi) is 7.20. The molecule has 1 aromatic heterocycles. The zero-order valence-electron chi connectivity index (χ0n) is 20.5. The summed E-state index contributed by atoms with van der Waals surface area (Å²) in [6.07, 6.45) is 0.956. The van der Waals surface area contributed by atoms with Gasteiger partial charge < -0.3 is 29.3 Å². The van der Waals surface area contributed by atoms with Crippen LogP contribution in [0.5, 0.6) is 17.2 Å². The molecule has 34 heavy (non-hydrogen) atoms. The molecule has 0 spiro atoms. The molecule has 1 aliphatic rings. The number of nitrogens with zero attached hydrogens (tertiary/aromatic N) is 5. The summed E-state index contributed by atoms with van der Waals surface area (Å²) < 4.78 is 16.4. The number of aromatic nitrogens is 3. The third-order valence-corrected chi connectivity index (χ3v) is 5.99. The predicted octanol–water partition coefficient (Wildman–Crippen LogP) is 4.05. The number of anilines is 4. The largest absolute Gasteiger partial charge is 0.493 e. The van der Waals surface area contributed by atoms with Crippen LogP contribution in [0, 0.1) is 0 Å². The Labute approximate surface area is 200 Å². The molecule has 0 atom stereocenters. The van der Waals surface area contributed by atoms with Gasteiger partial charge in [-0.2, -0.15) is 15.0 Å². The first kappa shape index (κ1) is 23.4. The van der Waals surface area contributed by atoms with Crippen LogP contribution in [0.25, 0.3) is 0 Å². The molecule has 2 heterocycles. The molecular weight excluding hydrogens is 432 g/mol. The Bertz CT molecular complexity index is 1110. The van der Waals surface area contributed by atoms with Crippen molar-refractivity contribution in [2.45, 2.75) is 26.8 Å². The number of hydrogen-bond donors (Lipinski definition) is 1. The SMILES string of the molecule is CCN(CC)c1nc(Nc2cc(OC)c(OC)c(OC)c2)nc(N2CCc3ccccc3C2)n1. The van der Waals surface area contributed by atoms with E-state index in [1.165, 1.54) is 11.1 Å². The second-order valence-electron chi connectivity index (χ2n) is 7.91. The summed E-state index contributed by atoms with van der Waals surface area (Å²) in [6.45, 7) is 7.40. The van der Waals surface area contributed by atoms with Gasteiger partial charge in [-0.05, 0) is 31.4 Å². The lowest BCUT2D eigenvalue weighted by atomic mass is 10.0. The quantitative estimate of drug-likeness (QED) is 0.504. The van der Waals surface area contributed by atoms with Crippen LogP contribution in [0.4, 0.5) is 23.5 Å². The lowest BCUT2D eigenvalue weighted by molar-refractivity contribution is 0.324. The van der Waals surface area contributed by atoms with Gasteiger partial charge in [-0.25, -0.2) is 0 Å². The van der Waals surface area contributed by atoms with Gasteiger partial charge in [0.05, 0.1) is 21.3 Å². The van der Waals surface area contributed by atoms with Crippen LogP contribution in [-0.4, -0.2) is 55.9 Å². The van der Waals surface area contributed by atoms with Crippen molar-refractivity contribution < 1.29 is 14.2 Å². The molecular formula is C25H32N6O3. The fourth-order valence-corrected chi connectivity index (χ4v) is 4.15.